The first-order valence-electron chi connectivity index (χ1n) is 8.23. The average molecular weight is 332 g/mol. The van der Waals surface area contributed by atoms with E-state index >= 15 is 0 Å². The topological polar surface area (TPSA) is 51.0 Å². The molecule has 0 radical (unpaired) electrons. The van der Waals surface area contributed by atoms with Crippen LogP contribution in [-0.4, -0.2) is 38.7 Å². The van der Waals surface area contributed by atoms with Crippen LogP contribution in [0.4, 0.5) is 0 Å². The molecule has 1 fully saturated rings. The van der Waals surface area contributed by atoms with Gasteiger partial charge in [0.15, 0.2) is 0 Å². The Morgan fingerprint density at radius 1 is 1.48 bits per heavy atom. The summed E-state index contributed by atoms with van der Waals surface area (Å²) in [6.07, 6.45) is 6.31. The van der Waals surface area contributed by atoms with Crippen LogP contribution in [0.25, 0.3) is 0 Å². The molecule has 3 heterocycles. The van der Waals surface area contributed by atoms with Crippen molar-refractivity contribution in [2.75, 3.05) is 13.1 Å². The smallest absolute Gasteiger partial charge is 0.227 e. The highest BCUT2D eigenvalue weighted by Crippen LogP contribution is 2.31. The van der Waals surface area contributed by atoms with Crippen molar-refractivity contribution in [2.24, 2.45) is 7.05 Å². The standard InChI is InChI=1S/C17H24N4OS/c1-12(2)15-11-23-17(19-15)14-5-4-6-21(10-14)16(22)7-13-8-18-20(3)9-13/h8-9,11-12,14H,4-7,10H2,1-3H3/t14-/m0/s1. The molecule has 23 heavy (non-hydrogen) atoms. The number of aryl methyl sites for hydroxylation is 1. The monoisotopic (exact) mass is 332 g/mol. The molecule has 124 valence electrons. The van der Waals surface area contributed by atoms with Gasteiger partial charge in [-0.1, -0.05) is 13.8 Å². The largest absolute Gasteiger partial charge is 0.342 e. The summed E-state index contributed by atoms with van der Waals surface area (Å²) in [5.41, 5.74) is 2.15. The molecule has 2 aromatic rings. The normalized spacial score (nSPS) is 18.6. The van der Waals surface area contributed by atoms with Gasteiger partial charge < -0.3 is 4.90 Å². The number of piperidine rings is 1. The zero-order valence-electron chi connectivity index (χ0n) is 14.0. The van der Waals surface area contributed by atoms with E-state index in [2.05, 4.69) is 24.3 Å². The molecule has 1 aliphatic rings. The lowest BCUT2D eigenvalue weighted by molar-refractivity contribution is -0.131. The summed E-state index contributed by atoms with van der Waals surface area (Å²) in [6, 6.07) is 0. The van der Waals surface area contributed by atoms with Gasteiger partial charge in [0, 0.05) is 37.6 Å². The highest BCUT2D eigenvalue weighted by molar-refractivity contribution is 7.09. The molecular formula is C17H24N4OS. The van der Waals surface area contributed by atoms with Gasteiger partial charge in [0.1, 0.15) is 0 Å². The minimum absolute atomic E-state index is 0.198. The highest BCUT2D eigenvalue weighted by Gasteiger charge is 2.27. The fraction of sp³-hybridized carbons (Fsp3) is 0.588. The van der Waals surface area contributed by atoms with Gasteiger partial charge in [0.25, 0.3) is 0 Å². The van der Waals surface area contributed by atoms with E-state index < -0.39 is 0 Å². The van der Waals surface area contributed by atoms with E-state index in [0.717, 1.165) is 31.5 Å². The molecule has 1 amide bonds. The second kappa shape index (κ2) is 6.83. The summed E-state index contributed by atoms with van der Waals surface area (Å²) < 4.78 is 1.74. The summed E-state index contributed by atoms with van der Waals surface area (Å²) in [5, 5.41) is 7.48. The first kappa shape index (κ1) is 16.2. The van der Waals surface area contributed by atoms with Crippen LogP contribution < -0.4 is 0 Å². The fourth-order valence-electron chi connectivity index (χ4n) is 3.01. The molecular weight excluding hydrogens is 308 g/mol. The lowest BCUT2D eigenvalue weighted by Gasteiger charge is -2.31. The van der Waals surface area contributed by atoms with E-state index in [4.69, 9.17) is 4.98 Å². The molecule has 0 saturated carbocycles. The van der Waals surface area contributed by atoms with Crippen molar-refractivity contribution < 1.29 is 4.79 Å². The van der Waals surface area contributed by atoms with Crippen molar-refractivity contribution >= 4 is 17.2 Å². The maximum atomic E-state index is 12.5. The van der Waals surface area contributed by atoms with Gasteiger partial charge in [0.05, 0.1) is 23.3 Å². The minimum atomic E-state index is 0.198. The molecule has 3 rings (SSSR count). The van der Waals surface area contributed by atoms with Crippen LogP contribution >= 0.6 is 11.3 Å². The fourth-order valence-corrected chi connectivity index (χ4v) is 4.12. The second-order valence-corrected chi connectivity index (χ2v) is 7.53. The van der Waals surface area contributed by atoms with Gasteiger partial charge in [-0.05, 0) is 24.3 Å². The molecule has 0 bridgehead atoms. The van der Waals surface area contributed by atoms with E-state index in [-0.39, 0.29) is 5.91 Å². The Hall–Kier alpha value is -1.69. The second-order valence-electron chi connectivity index (χ2n) is 6.64. The van der Waals surface area contributed by atoms with Crippen molar-refractivity contribution in [3.8, 4) is 0 Å². The lowest BCUT2D eigenvalue weighted by atomic mass is 9.98. The van der Waals surface area contributed by atoms with E-state index in [1.165, 1.54) is 10.7 Å². The van der Waals surface area contributed by atoms with Crippen molar-refractivity contribution in [3.63, 3.8) is 0 Å². The maximum absolute atomic E-state index is 12.5. The predicted molar refractivity (Wildman–Crippen MR) is 91.7 cm³/mol. The molecule has 1 atom stereocenters. The third kappa shape index (κ3) is 3.80. The Morgan fingerprint density at radius 3 is 2.96 bits per heavy atom. The van der Waals surface area contributed by atoms with E-state index in [9.17, 15) is 4.79 Å². The van der Waals surface area contributed by atoms with Gasteiger partial charge in [-0.2, -0.15) is 5.10 Å². The number of aromatic nitrogens is 3. The van der Waals surface area contributed by atoms with Crippen molar-refractivity contribution in [1.29, 1.82) is 0 Å². The summed E-state index contributed by atoms with van der Waals surface area (Å²) >= 11 is 1.74. The molecule has 0 aromatic carbocycles. The Bertz CT molecular complexity index is 676. The number of nitrogens with zero attached hydrogens (tertiary/aromatic N) is 4. The molecule has 0 unspecified atom stereocenters. The number of likely N-dealkylation sites (tertiary alicyclic amines) is 1. The number of hydrogen-bond acceptors (Lipinski definition) is 4. The average Bonchev–Trinajstić information content (AvgIpc) is 3.17. The summed E-state index contributed by atoms with van der Waals surface area (Å²) in [4.78, 5) is 19.3. The van der Waals surface area contributed by atoms with Gasteiger partial charge >= 0.3 is 0 Å². The van der Waals surface area contributed by atoms with Gasteiger partial charge in [-0.3, -0.25) is 9.48 Å². The number of thiazole rings is 1. The first-order valence-corrected chi connectivity index (χ1v) is 9.11. The van der Waals surface area contributed by atoms with Crippen LogP contribution in [0.2, 0.25) is 0 Å². The van der Waals surface area contributed by atoms with E-state index in [1.807, 2.05) is 18.1 Å². The Kier molecular flexibility index (Phi) is 4.80. The third-order valence-corrected chi connectivity index (χ3v) is 5.39. The summed E-state index contributed by atoms with van der Waals surface area (Å²) in [6.45, 7) is 6.00. The van der Waals surface area contributed by atoms with E-state index in [0.29, 0.717) is 18.3 Å². The summed E-state index contributed by atoms with van der Waals surface area (Å²) in [5.74, 6) is 1.05. The van der Waals surface area contributed by atoms with Gasteiger partial charge in [-0.25, -0.2) is 4.98 Å². The number of carbonyl (C=O) groups excluding carboxylic acids is 1. The molecule has 1 saturated heterocycles. The molecule has 6 heteroatoms. The lowest BCUT2D eigenvalue weighted by Crippen LogP contribution is -2.39. The molecule has 2 aromatic heterocycles. The number of amides is 1. The maximum Gasteiger partial charge on any atom is 0.227 e. The van der Waals surface area contributed by atoms with Crippen LogP contribution in [-0.2, 0) is 18.3 Å². The van der Waals surface area contributed by atoms with E-state index in [1.54, 1.807) is 22.2 Å². The Labute approximate surface area is 141 Å². The molecule has 0 aliphatic carbocycles. The van der Waals surface area contributed by atoms with Crippen LogP contribution in [0, 0.1) is 0 Å². The van der Waals surface area contributed by atoms with Crippen LogP contribution in [0.15, 0.2) is 17.8 Å². The predicted octanol–water partition coefficient (Wildman–Crippen LogP) is 2.95. The Morgan fingerprint density at radius 2 is 2.30 bits per heavy atom. The first-order chi connectivity index (χ1) is 11.0. The van der Waals surface area contributed by atoms with Crippen molar-refractivity contribution in [2.45, 2.75) is 44.9 Å². The van der Waals surface area contributed by atoms with Crippen LogP contribution in [0.1, 0.15) is 54.8 Å². The summed E-state index contributed by atoms with van der Waals surface area (Å²) in [7, 11) is 1.87. The zero-order chi connectivity index (χ0) is 16.4. The minimum Gasteiger partial charge on any atom is -0.342 e. The van der Waals surface area contributed by atoms with Crippen molar-refractivity contribution in [3.05, 3.63) is 34.0 Å². The van der Waals surface area contributed by atoms with Gasteiger partial charge in [0.2, 0.25) is 5.91 Å². The number of rotatable bonds is 4. The quantitative estimate of drug-likeness (QED) is 0.865. The SMILES string of the molecule is CC(C)c1csc([C@H]2CCCN(C(=O)Cc3cnn(C)c3)C2)n1. The molecule has 5 nitrogen and oxygen atoms in total. The van der Waals surface area contributed by atoms with Crippen molar-refractivity contribution in [1.82, 2.24) is 19.7 Å². The Balaban J connectivity index is 1.64. The number of carbonyl (C=O) groups is 1. The molecule has 0 N–H and O–H groups in total. The van der Waals surface area contributed by atoms with Crippen LogP contribution in [0.3, 0.4) is 0 Å². The third-order valence-electron chi connectivity index (χ3n) is 4.37. The zero-order valence-corrected chi connectivity index (χ0v) is 14.8. The highest BCUT2D eigenvalue weighted by atomic mass is 32.1. The molecule has 1 aliphatic heterocycles. The molecule has 0 spiro atoms. The van der Waals surface area contributed by atoms with Gasteiger partial charge in [-0.15, -0.1) is 11.3 Å². The number of hydrogen-bond donors (Lipinski definition) is 0. The van der Waals surface area contributed by atoms with Crippen LogP contribution in [0.5, 0.6) is 0 Å².